The molecule has 0 N–H and O–H groups in total. The molecule has 0 saturated heterocycles. The van der Waals surface area contributed by atoms with E-state index in [1.807, 2.05) is 0 Å². The Bertz CT molecular complexity index is 3320. The Morgan fingerprint density at radius 3 is 1.28 bits per heavy atom. The van der Waals surface area contributed by atoms with E-state index in [0.29, 0.717) is 0 Å². The molecule has 3 heteroatoms. The standard InChI is InChI=1S/C62H43N3/c1-7-24-43(25-8-1)63(44-26-9-2-10-27-44)54-41-40-53-56-49(54)36-21-39-52(56)59-60(53)62(65(47-32-15-5-16-33-47)48-34-17-6-18-35-48)58-51-38-20-23-42-22-19-37-50(55(42)51)57(58)61(59)64(45-28-11-3-12-29-45)46-30-13-4-14-31-46/h1-37,39-41,51H,38H2. The van der Waals surface area contributed by atoms with E-state index in [1.54, 1.807) is 0 Å². The Morgan fingerprint density at radius 1 is 0.323 bits per heavy atom. The number of para-hydroxylation sites is 6. The molecular formula is C62H43N3. The first kappa shape index (κ1) is 37.2. The summed E-state index contributed by atoms with van der Waals surface area (Å²) in [5, 5.41) is 2.48. The average molecular weight is 830 g/mol. The van der Waals surface area contributed by atoms with Crippen LogP contribution in [-0.2, 0) is 0 Å². The molecule has 0 fully saturated rings. The van der Waals surface area contributed by atoms with E-state index in [-0.39, 0.29) is 5.92 Å². The molecule has 13 rings (SSSR count). The quantitative estimate of drug-likeness (QED) is 0.134. The summed E-state index contributed by atoms with van der Waals surface area (Å²) in [5.74, 6) is 0.147. The van der Waals surface area contributed by atoms with Gasteiger partial charge >= 0.3 is 0 Å². The minimum Gasteiger partial charge on any atom is -0.310 e. The van der Waals surface area contributed by atoms with E-state index >= 15 is 0 Å². The number of anilines is 9. The van der Waals surface area contributed by atoms with Gasteiger partial charge in [-0.05, 0) is 124 Å². The highest BCUT2D eigenvalue weighted by atomic mass is 15.2. The van der Waals surface area contributed by atoms with E-state index in [9.17, 15) is 0 Å². The Kier molecular flexibility index (Phi) is 8.67. The van der Waals surface area contributed by atoms with Crippen molar-refractivity contribution in [1.82, 2.24) is 0 Å². The summed E-state index contributed by atoms with van der Waals surface area (Å²) in [4.78, 5) is 7.53. The molecule has 3 aliphatic carbocycles. The molecule has 0 radical (unpaired) electrons. The molecule has 0 saturated carbocycles. The third-order valence-corrected chi connectivity index (χ3v) is 13.6. The second-order valence-corrected chi connectivity index (χ2v) is 17.1. The van der Waals surface area contributed by atoms with Crippen molar-refractivity contribution < 1.29 is 0 Å². The molecule has 0 heterocycles. The lowest BCUT2D eigenvalue weighted by Crippen LogP contribution is -2.18. The Hall–Kier alpha value is -8.40. The van der Waals surface area contributed by atoms with Crippen molar-refractivity contribution in [1.29, 1.82) is 0 Å². The molecular weight excluding hydrogens is 787 g/mol. The van der Waals surface area contributed by atoms with Gasteiger partial charge in [0.05, 0.1) is 17.1 Å². The fourth-order valence-electron chi connectivity index (χ4n) is 11.1. The highest BCUT2D eigenvalue weighted by Crippen LogP contribution is 2.68. The van der Waals surface area contributed by atoms with Gasteiger partial charge in [-0.2, -0.15) is 0 Å². The van der Waals surface area contributed by atoms with Crippen molar-refractivity contribution in [2.24, 2.45) is 0 Å². The first-order chi connectivity index (χ1) is 32.3. The Morgan fingerprint density at radius 2 is 0.754 bits per heavy atom. The zero-order valence-corrected chi connectivity index (χ0v) is 35.7. The predicted octanol–water partition coefficient (Wildman–Crippen LogP) is 17.4. The van der Waals surface area contributed by atoms with E-state index < -0.39 is 0 Å². The predicted molar refractivity (Wildman–Crippen MR) is 273 cm³/mol. The molecule has 1 atom stereocenters. The van der Waals surface area contributed by atoms with E-state index in [4.69, 9.17) is 0 Å². The highest BCUT2D eigenvalue weighted by molar-refractivity contribution is 6.27. The maximum atomic E-state index is 2.56. The van der Waals surface area contributed by atoms with Crippen LogP contribution < -0.4 is 14.7 Å². The van der Waals surface area contributed by atoms with Crippen LogP contribution in [-0.4, -0.2) is 0 Å². The smallest absolute Gasteiger partial charge is 0.0629 e. The molecule has 10 aromatic rings. The fourth-order valence-corrected chi connectivity index (χ4v) is 11.1. The Labute approximate surface area is 380 Å². The van der Waals surface area contributed by atoms with Crippen LogP contribution in [0.1, 0.15) is 29.0 Å². The molecule has 0 aromatic heterocycles. The van der Waals surface area contributed by atoms with Crippen LogP contribution in [0.2, 0.25) is 0 Å². The summed E-state index contributed by atoms with van der Waals surface area (Å²) in [7, 11) is 0. The molecule has 0 amide bonds. The van der Waals surface area contributed by atoms with Crippen molar-refractivity contribution >= 4 is 68.0 Å². The summed E-state index contributed by atoms with van der Waals surface area (Å²) >= 11 is 0. The number of nitrogens with zero attached hydrogens (tertiary/aromatic N) is 3. The fraction of sp³-hybridized carbons (Fsp3) is 0.0323. The number of hydrogen-bond donors (Lipinski definition) is 0. The van der Waals surface area contributed by atoms with Gasteiger partial charge in [0.15, 0.2) is 0 Å². The van der Waals surface area contributed by atoms with Gasteiger partial charge in [0.25, 0.3) is 0 Å². The second-order valence-electron chi connectivity index (χ2n) is 17.1. The average Bonchev–Trinajstić information content (AvgIpc) is 3.90. The molecule has 306 valence electrons. The van der Waals surface area contributed by atoms with Gasteiger partial charge in [-0.3, -0.25) is 0 Å². The van der Waals surface area contributed by atoms with Crippen molar-refractivity contribution in [2.45, 2.75) is 12.3 Å². The lowest BCUT2D eigenvalue weighted by molar-refractivity contribution is 0.843. The molecule has 10 aromatic carbocycles. The second kappa shape index (κ2) is 15.1. The molecule has 0 aliphatic heterocycles. The maximum absolute atomic E-state index is 2.56. The molecule has 3 nitrogen and oxygen atoms in total. The van der Waals surface area contributed by atoms with Gasteiger partial charge in [0.2, 0.25) is 0 Å². The van der Waals surface area contributed by atoms with Gasteiger partial charge in [-0.15, -0.1) is 0 Å². The van der Waals surface area contributed by atoms with Gasteiger partial charge in [-0.25, -0.2) is 0 Å². The van der Waals surface area contributed by atoms with Crippen molar-refractivity contribution in [3.05, 3.63) is 253 Å². The van der Waals surface area contributed by atoms with E-state index in [2.05, 4.69) is 257 Å². The number of fused-ring (bicyclic) bond motifs is 6. The highest BCUT2D eigenvalue weighted by Gasteiger charge is 2.44. The zero-order valence-electron chi connectivity index (χ0n) is 35.7. The SMILES string of the molecule is C1=Cc2cccc3c2C(C1)c1c-3c(N(c2ccccc2)c2ccccc2)c2c(c1N(c1ccccc1)c1ccccc1)-c1ccc(N(c3ccccc3)c3ccccc3)c3cccc-2c13. The van der Waals surface area contributed by atoms with Crippen molar-refractivity contribution in [2.75, 3.05) is 14.7 Å². The zero-order chi connectivity index (χ0) is 42.8. The molecule has 65 heavy (non-hydrogen) atoms. The third-order valence-electron chi connectivity index (χ3n) is 13.6. The number of allylic oxidation sites excluding steroid dienone is 1. The lowest BCUT2D eigenvalue weighted by Gasteiger charge is -2.36. The van der Waals surface area contributed by atoms with Crippen LogP contribution in [0.25, 0.3) is 50.2 Å². The summed E-state index contributed by atoms with van der Waals surface area (Å²) < 4.78 is 0. The first-order valence-electron chi connectivity index (χ1n) is 22.6. The van der Waals surface area contributed by atoms with Crippen molar-refractivity contribution in [3.63, 3.8) is 0 Å². The summed E-state index contributed by atoms with van der Waals surface area (Å²) in [6.07, 6.45) is 5.66. The van der Waals surface area contributed by atoms with Crippen LogP contribution in [0.4, 0.5) is 51.2 Å². The largest absolute Gasteiger partial charge is 0.310 e. The minimum absolute atomic E-state index is 0.147. The summed E-state index contributed by atoms with van der Waals surface area (Å²) in [6.45, 7) is 0. The normalized spacial score (nSPS) is 13.6. The van der Waals surface area contributed by atoms with Gasteiger partial charge in [-0.1, -0.05) is 164 Å². The van der Waals surface area contributed by atoms with E-state index in [0.717, 1.165) is 46.2 Å². The first-order valence-corrected chi connectivity index (χ1v) is 22.6. The number of hydrogen-bond acceptors (Lipinski definition) is 3. The summed E-state index contributed by atoms with van der Waals surface area (Å²) in [5.41, 5.74) is 22.0. The third kappa shape index (κ3) is 5.76. The van der Waals surface area contributed by atoms with Crippen molar-refractivity contribution in [3.8, 4) is 33.4 Å². The van der Waals surface area contributed by atoms with Gasteiger partial charge in [0, 0.05) is 62.1 Å². The summed E-state index contributed by atoms with van der Waals surface area (Å²) in [6, 6.07) is 84.3. The molecule has 1 unspecified atom stereocenters. The number of benzene rings is 10. The lowest BCUT2D eigenvalue weighted by atomic mass is 9.83. The van der Waals surface area contributed by atoms with Crippen LogP contribution in [0.15, 0.2) is 237 Å². The topological polar surface area (TPSA) is 9.72 Å². The number of rotatable bonds is 9. The van der Waals surface area contributed by atoms with Crippen LogP contribution in [0.3, 0.4) is 0 Å². The van der Waals surface area contributed by atoms with Gasteiger partial charge < -0.3 is 14.7 Å². The molecule has 0 spiro atoms. The Balaban J connectivity index is 1.23. The minimum atomic E-state index is 0.147. The van der Waals surface area contributed by atoms with Gasteiger partial charge in [0.1, 0.15) is 0 Å². The molecule has 3 aliphatic rings. The maximum Gasteiger partial charge on any atom is 0.0629 e. The van der Waals surface area contributed by atoms with E-state index in [1.165, 1.54) is 72.2 Å². The van der Waals surface area contributed by atoms with Crippen LogP contribution in [0.5, 0.6) is 0 Å². The van der Waals surface area contributed by atoms with Crippen LogP contribution in [0, 0.1) is 0 Å². The molecule has 0 bridgehead atoms. The monoisotopic (exact) mass is 829 g/mol. The van der Waals surface area contributed by atoms with Crippen LogP contribution >= 0.6 is 0 Å².